The van der Waals surface area contributed by atoms with Crippen LogP contribution in [0.4, 0.5) is 0 Å². The highest BCUT2D eigenvalue weighted by molar-refractivity contribution is 7.10. The van der Waals surface area contributed by atoms with Crippen molar-refractivity contribution in [3.05, 3.63) is 99.5 Å². The maximum Gasteiger partial charge on any atom is 0.163 e. The quantitative estimate of drug-likeness (QED) is 0.296. The van der Waals surface area contributed by atoms with Gasteiger partial charge in [0.2, 0.25) is 0 Å². The number of halogens is 1. The van der Waals surface area contributed by atoms with Gasteiger partial charge in [-0.05, 0) is 47.8 Å². The SMILES string of the molecule is Oc1ccc(-c2cc(COC(c3cccs3)c3cc4ccccc4nc3Cl)on2)cc1. The summed E-state index contributed by atoms with van der Waals surface area (Å²) in [6, 6.07) is 22.5. The van der Waals surface area contributed by atoms with Crippen LogP contribution in [0.5, 0.6) is 5.75 Å². The van der Waals surface area contributed by atoms with Gasteiger partial charge in [0.15, 0.2) is 5.76 Å². The first kappa shape index (κ1) is 19.8. The molecule has 0 aliphatic rings. The number of aromatic nitrogens is 2. The number of pyridine rings is 1. The third kappa shape index (κ3) is 4.18. The minimum atomic E-state index is -0.383. The molecule has 5 aromatic rings. The Hall–Kier alpha value is -3.19. The zero-order valence-corrected chi connectivity index (χ0v) is 17.8. The first-order valence-corrected chi connectivity index (χ1v) is 10.9. The Bertz CT molecular complexity index is 1320. The van der Waals surface area contributed by atoms with Crippen molar-refractivity contribution in [2.24, 2.45) is 0 Å². The van der Waals surface area contributed by atoms with Crippen LogP contribution in [0.3, 0.4) is 0 Å². The molecule has 0 saturated carbocycles. The van der Waals surface area contributed by atoms with Crippen LogP contribution in [-0.2, 0) is 11.3 Å². The van der Waals surface area contributed by atoms with Crippen molar-refractivity contribution in [2.75, 3.05) is 0 Å². The molecule has 1 N–H and O–H groups in total. The van der Waals surface area contributed by atoms with Crippen LogP contribution in [0.15, 0.2) is 82.7 Å². The Morgan fingerprint density at radius 1 is 1.03 bits per heavy atom. The smallest absolute Gasteiger partial charge is 0.163 e. The number of hydrogen-bond donors (Lipinski definition) is 1. The highest BCUT2D eigenvalue weighted by Gasteiger charge is 2.22. The molecule has 0 bridgehead atoms. The number of rotatable bonds is 6. The van der Waals surface area contributed by atoms with E-state index < -0.39 is 0 Å². The zero-order valence-electron chi connectivity index (χ0n) is 16.2. The minimum Gasteiger partial charge on any atom is -0.508 e. The second-order valence-electron chi connectivity index (χ2n) is 6.99. The fraction of sp³-hybridized carbons (Fsp3) is 0.0833. The van der Waals surface area contributed by atoms with Crippen molar-refractivity contribution >= 4 is 33.8 Å². The van der Waals surface area contributed by atoms with Crippen LogP contribution in [0, 0.1) is 0 Å². The molecule has 5 rings (SSSR count). The summed E-state index contributed by atoms with van der Waals surface area (Å²) in [6.45, 7) is 0.219. The number of phenolic OH excluding ortho intramolecular Hbond substituents is 1. The molecule has 3 aromatic heterocycles. The third-order valence-corrected chi connectivity index (χ3v) is 6.12. The standard InChI is InChI=1S/C24H17ClN2O3S/c25-24-19(12-16-4-1-2-5-20(16)26-24)23(22-6-3-11-31-22)29-14-18-13-21(27-30-18)15-7-9-17(28)10-8-15/h1-13,23,28H,14H2. The van der Waals surface area contributed by atoms with E-state index in [9.17, 15) is 5.11 Å². The van der Waals surface area contributed by atoms with Gasteiger partial charge in [-0.25, -0.2) is 4.98 Å². The molecule has 7 heteroatoms. The molecule has 0 fully saturated rings. The lowest BCUT2D eigenvalue weighted by molar-refractivity contribution is 0.0541. The number of phenols is 1. The number of hydrogen-bond acceptors (Lipinski definition) is 6. The van der Waals surface area contributed by atoms with Gasteiger partial charge in [-0.1, -0.05) is 41.0 Å². The van der Waals surface area contributed by atoms with Gasteiger partial charge in [0, 0.05) is 27.5 Å². The van der Waals surface area contributed by atoms with Crippen LogP contribution in [-0.4, -0.2) is 15.2 Å². The summed E-state index contributed by atoms with van der Waals surface area (Å²) in [7, 11) is 0. The lowest BCUT2D eigenvalue weighted by Crippen LogP contribution is -2.06. The van der Waals surface area contributed by atoms with Gasteiger partial charge in [0.25, 0.3) is 0 Å². The van der Waals surface area contributed by atoms with Gasteiger partial charge in [-0.2, -0.15) is 0 Å². The molecular weight excluding hydrogens is 432 g/mol. The van der Waals surface area contributed by atoms with Crippen molar-refractivity contribution in [1.29, 1.82) is 0 Å². The number of para-hydroxylation sites is 1. The average Bonchev–Trinajstić information content (AvgIpc) is 3.47. The van der Waals surface area contributed by atoms with E-state index in [1.54, 1.807) is 35.6 Å². The Kier molecular flexibility index (Phi) is 5.42. The molecule has 0 saturated heterocycles. The van der Waals surface area contributed by atoms with E-state index in [-0.39, 0.29) is 18.5 Å². The van der Waals surface area contributed by atoms with E-state index in [4.69, 9.17) is 20.9 Å². The Morgan fingerprint density at radius 2 is 1.87 bits per heavy atom. The summed E-state index contributed by atoms with van der Waals surface area (Å²) in [5.41, 5.74) is 3.18. The highest BCUT2D eigenvalue weighted by atomic mass is 35.5. The predicted octanol–water partition coefficient (Wildman–Crippen LogP) is 6.62. The summed E-state index contributed by atoms with van der Waals surface area (Å²) < 4.78 is 11.7. The van der Waals surface area contributed by atoms with E-state index in [1.165, 1.54) is 0 Å². The average molecular weight is 449 g/mol. The normalized spacial score (nSPS) is 12.3. The van der Waals surface area contributed by atoms with Crippen molar-refractivity contribution in [3.8, 4) is 17.0 Å². The van der Waals surface area contributed by atoms with Crippen molar-refractivity contribution in [3.63, 3.8) is 0 Å². The lowest BCUT2D eigenvalue weighted by Gasteiger charge is -2.18. The van der Waals surface area contributed by atoms with E-state index in [0.717, 1.165) is 26.9 Å². The maximum atomic E-state index is 9.46. The van der Waals surface area contributed by atoms with Crippen LogP contribution >= 0.6 is 22.9 Å². The Balaban J connectivity index is 1.42. The fourth-order valence-electron chi connectivity index (χ4n) is 3.37. The number of aromatic hydroxyl groups is 1. The molecule has 0 aliphatic heterocycles. The molecule has 0 aliphatic carbocycles. The second kappa shape index (κ2) is 8.51. The number of thiophene rings is 1. The molecular formula is C24H17ClN2O3S. The molecule has 0 amide bonds. The molecule has 5 nitrogen and oxygen atoms in total. The number of nitrogens with zero attached hydrogens (tertiary/aromatic N) is 2. The lowest BCUT2D eigenvalue weighted by atomic mass is 10.1. The molecule has 3 heterocycles. The summed E-state index contributed by atoms with van der Waals surface area (Å²) >= 11 is 8.15. The number of benzene rings is 2. The van der Waals surface area contributed by atoms with Gasteiger partial charge in [-0.3, -0.25) is 0 Å². The van der Waals surface area contributed by atoms with E-state index >= 15 is 0 Å². The van der Waals surface area contributed by atoms with Crippen LogP contribution in [0.25, 0.3) is 22.2 Å². The second-order valence-corrected chi connectivity index (χ2v) is 8.33. The number of fused-ring (bicyclic) bond motifs is 1. The molecule has 0 spiro atoms. The van der Waals surface area contributed by atoms with Crippen LogP contribution in [0.2, 0.25) is 5.15 Å². The van der Waals surface area contributed by atoms with Crippen molar-refractivity contribution in [2.45, 2.75) is 12.7 Å². The molecule has 154 valence electrons. The van der Waals surface area contributed by atoms with Gasteiger partial charge in [0.1, 0.15) is 29.3 Å². The molecule has 2 aromatic carbocycles. The first-order valence-electron chi connectivity index (χ1n) is 9.62. The number of ether oxygens (including phenoxy) is 1. The summed E-state index contributed by atoms with van der Waals surface area (Å²) in [4.78, 5) is 5.57. The zero-order chi connectivity index (χ0) is 21.2. The third-order valence-electron chi connectivity index (χ3n) is 4.90. The monoisotopic (exact) mass is 448 g/mol. The van der Waals surface area contributed by atoms with E-state index in [0.29, 0.717) is 16.6 Å². The highest BCUT2D eigenvalue weighted by Crippen LogP contribution is 2.35. The predicted molar refractivity (Wildman–Crippen MR) is 121 cm³/mol. The van der Waals surface area contributed by atoms with Crippen LogP contribution < -0.4 is 0 Å². The summed E-state index contributed by atoms with van der Waals surface area (Å²) in [6.07, 6.45) is -0.383. The van der Waals surface area contributed by atoms with Crippen LogP contribution in [0.1, 0.15) is 22.3 Å². The van der Waals surface area contributed by atoms with E-state index in [2.05, 4.69) is 10.1 Å². The molecule has 1 unspecified atom stereocenters. The molecule has 1 atom stereocenters. The molecule has 31 heavy (non-hydrogen) atoms. The first-order chi connectivity index (χ1) is 15.2. The largest absolute Gasteiger partial charge is 0.508 e. The Labute approximate surface area is 187 Å². The van der Waals surface area contributed by atoms with Crippen molar-refractivity contribution in [1.82, 2.24) is 10.1 Å². The Morgan fingerprint density at radius 3 is 2.68 bits per heavy atom. The van der Waals surface area contributed by atoms with Gasteiger partial charge < -0.3 is 14.4 Å². The van der Waals surface area contributed by atoms with Gasteiger partial charge in [-0.15, -0.1) is 11.3 Å². The maximum absolute atomic E-state index is 9.46. The van der Waals surface area contributed by atoms with Crippen molar-refractivity contribution < 1.29 is 14.4 Å². The van der Waals surface area contributed by atoms with E-state index in [1.807, 2.05) is 53.9 Å². The topological polar surface area (TPSA) is 68.4 Å². The minimum absolute atomic E-state index is 0.204. The van der Waals surface area contributed by atoms with Gasteiger partial charge >= 0.3 is 0 Å². The summed E-state index contributed by atoms with van der Waals surface area (Å²) in [5.74, 6) is 0.796. The van der Waals surface area contributed by atoms with Gasteiger partial charge in [0.05, 0.1) is 5.52 Å². The summed E-state index contributed by atoms with van der Waals surface area (Å²) in [5, 5.41) is 17.0. The molecule has 0 radical (unpaired) electrons. The fourth-order valence-corrected chi connectivity index (χ4v) is 4.41.